The van der Waals surface area contributed by atoms with Crippen molar-refractivity contribution in [2.24, 2.45) is 11.3 Å². The van der Waals surface area contributed by atoms with Crippen molar-refractivity contribution in [3.63, 3.8) is 0 Å². The lowest BCUT2D eigenvalue weighted by Gasteiger charge is -2.16. The number of halogens is 3. The third kappa shape index (κ3) is 2.08. The quantitative estimate of drug-likeness (QED) is 0.935. The van der Waals surface area contributed by atoms with E-state index in [-0.39, 0.29) is 0 Å². The fourth-order valence-electron chi connectivity index (χ4n) is 3.36. The van der Waals surface area contributed by atoms with E-state index in [4.69, 9.17) is 5.73 Å². The standard InChI is InChI=1S/C15H16F3N3/c16-15(17,18)10-3-4-12-11(7-10)20-13(19)21(12)8-14(5-6-14)9-1-2-9/h3-4,7,9H,1-2,5-6,8H2,(H2,19,20). The highest BCUT2D eigenvalue weighted by Gasteiger charge is 2.54. The van der Waals surface area contributed by atoms with Gasteiger partial charge in [-0.1, -0.05) is 0 Å². The van der Waals surface area contributed by atoms with Crippen molar-refractivity contribution in [1.29, 1.82) is 0 Å². The fraction of sp³-hybridized carbons (Fsp3) is 0.533. The van der Waals surface area contributed by atoms with Crippen LogP contribution in [-0.4, -0.2) is 9.55 Å². The molecule has 1 aromatic heterocycles. The highest BCUT2D eigenvalue weighted by molar-refractivity contribution is 5.79. The highest BCUT2D eigenvalue weighted by Crippen LogP contribution is 2.62. The Bertz CT molecular complexity index is 709. The van der Waals surface area contributed by atoms with Gasteiger partial charge in [-0.25, -0.2) is 4.98 Å². The average molecular weight is 295 g/mol. The van der Waals surface area contributed by atoms with Crippen molar-refractivity contribution in [3.05, 3.63) is 23.8 Å². The van der Waals surface area contributed by atoms with Crippen LogP contribution < -0.4 is 5.73 Å². The maximum Gasteiger partial charge on any atom is 0.416 e. The maximum absolute atomic E-state index is 12.8. The molecule has 6 heteroatoms. The Kier molecular flexibility index (Phi) is 2.43. The summed E-state index contributed by atoms with van der Waals surface area (Å²) in [6.45, 7) is 0.783. The fourth-order valence-corrected chi connectivity index (χ4v) is 3.36. The van der Waals surface area contributed by atoms with Gasteiger partial charge in [0.2, 0.25) is 5.95 Å². The molecule has 112 valence electrons. The molecule has 0 aliphatic heterocycles. The first kappa shape index (κ1) is 13.0. The van der Waals surface area contributed by atoms with Crippen molar-refractivity contribution in [2.75, 3.05) is 5.73 Å². The summed E-state index contributed by atoms with van der Waals surface area (Å²) in [5, 5.41) is 0. The summed E-state index contributed by atoms with van der Waals surface area (Å²) in [7, 11) is 0. The van der Waals surface area contributed by atoms with Crippen molar-refractivity contribution < 1.29 is 13.2 Å². The van der Waals surface area contributed by atoms with Crippen LogP contribution in [0.15, 0.2) is 18.2 Å². The van der Waals surface area contributed by atoms with Gasteiger partial charge in [0.1, 0.15) is 0 Å². The largest absolute Gasteiger partial charge is 0.416 e. The number of aromatic nitrogens is 2. The van der Waals surface area contributed by atoms with E-state index in [1.807, 2.05) is 4.57 Å². The van der Waals surface area contributed by atoms with E-state index < -0.39 is 11.7 Å². The van der Waals surface area contributed by atoms with Gasteiger partial charge >= 0.3 is 6.18 Å². The average Bonchev–Trinajstić information content (AvgIpc) is 3.28. The molecule has 4 rings (SSSR count). The lowest BCUT2D eigenvalue weighted by atomic mass is 10.0. The number of imidazole rings is 1. The van der Waals surface area contributed by atoms with E-state index in [0.717, 1.165) is 24.6 Å². The van der Waals surface area contributed by atoms with Crippen LogP contribution in [0.1, 0.15) is 31.2 Å². The zero-order chi connectivity index (χ0) is 14.8. The van der Waals surface area contributed by atoms with Gasteiger partial charge in [0.05, 0.1) is 16.6 Å². The summed E-state index contributed by atoms with van der Waals surface area (Å²) in [4.78, 5) is 4.12. The maximum atomic E-state index is 12.8. The summed E-state index contributed by atoms with van der Waals surface area (Å²) < 4.78 is 40.1. The first-order valence-electron chi connectivity index (χ1n) is 7.22. The van der Waals surface area contributed by atoms with Gasteiger partial charge < -0.3 is 10.3 Å². The molecule has 2 saturated carbocycles. The molecule has 0 spiro atoms. The lowest BCUT2D eigenvalue weighted by Crippen LogP contribution is -2.15. The van der Waals surface area contributed by atoms with E-state index in [1.54, 1.807) is 0 Å². The molecule has 2 aromatic rings. The smallest absolute Gasteiger partial charge is 0.369 e. The molecule has 21 heavy (non-hydrogen) atoms. The Hall–Kier alpha value is -1.72. The van der Waals surface area contributed by atoms with E-state index in [9.17, 15) is 13.2 Å². The molecule has 1 aromatic carbocycles. The Balaban J connectivity index is 1.74. The van der Waals surface area contributed by atoms with Gasteiger partial charge in [0.25, 0.3) is 0 Å². The van der Waals surface area contributed by atoms with E-state index in [0.29, 0.717) is 22.4 Å². The number of hydrogen-bond acceptors (Lipinski definition) is 2. The Morgan fingerprint density at radius 1 is 1.29 bits per heavy atom. The summed E-state index contributed by atoms with van der Waals surface area (Å²) in [6.07, 6.45) is 0.572. The summed E-state index contributed by atoms with van der Waals surface area (Å²) >= 11 is 0. The number of nitrogens with two attached hydrogens (primary N) is 1. The third-order valence-electron chi connectivity index (χ3n) is 4.91. The second-order valence-electron chi connectivity index (χ2n) is 6.39. The second kappa shape index (κ2) is 3.93. The second-order valence-corrected chi connectivity index (χ2v) is 6.39. The predicted molar refractivity (Wildman–Crippen MR) is 73.5 cm³/mol. The van der Waals surface area contributed by atoms with E-state index in [1.165, 1.54) is 31.7 Å². The molecule has 0 amide bonds. The van der Waals surface area contributed by atoms with E-state index in [2.05, 4.69) is 4.98 Å². The molecule has 0 radical (unpaired) electrons. The molecule has 2 N–H and O–H groups in total. The first-order chi connectivity index (χ1) is 9.89. The minimum absolute atomic E-state index is 0.316. The van der Waals surface area contributed by atoms with Gasteiger partial charge in [0, 0.05) is 6.54 Å². The Morgan fingerprint density at radius 3 is 2.57 bits per heavy atom. The predicted octanol–water partition coefficient (Wildman–Crippen LogP) is 3.83. The number of nitrogen functional groups attached to an aromatic ring is 1. The molecule has 0 saturated heterocycles. The minimum Gasteiger partial charge on any atom is -0.369 e. The van der Waals surface area contributed by atoms with Gasteiger partial charge in [-0.3, -0.25) is 0 Å². The molecule has 2 aliphatic carbocycles. The third-order valence-corrected chi connectivity index (χ3v) is 4.91. The van der Waals surface area contributed by atoms with Crippen molar-refractivity contribution >= 4 is 17.0 Å². The molecular formula is C15H16F3N3. The molecule has 2 aliphatic rings. The first-order valence-corrected chi connectivity index (χ1v) is 7.22. The molecule has 0 unspecified atom stereocenters. The van der Waals surface area contributed by atoms with Crippen LogP contribution in [-0.2, 0) is 12.7 Å². The molecule has 0 atom stereocenters. The van der Waals surface area contributed by atoms with Crippen LogP contribution in [0.4, 0.5) is 19.1 Å². The van der Waals surface area contributed by atoms with Crippen molar-refractivity contribution in [2.45, 2.75) is 38.4 Å². The number of fused-ring (bicyclic) bond motifs is 1. The minimum atomic E-state index is -4.35. The zero-order valence-electron chi connectivity index (χ0n) is 11.5. The number of rotatable bonds is 3. The Labute approximate surface area is 119 Å². The number of nitrogens with zero attached hydrogens (tertiary/aromatic N) is 2. The monoisotopic (exact) mass is 295 g/mol. The summed E-state index contributed by atoms with van der Waals surface area (Å²) in [5.74, 6) is 1.08. The molecular weight excluding hydrogens is 279 g/mol. The zero-order valence-corrected chi connectivity index (χ0v) is 11.5. The van der Waals surface area contributed by atoms with Crippen LogP contribution >= 0.6 is 0 Å². The lowest BCUT2D eigenvalue weighted by molar-refractivity contribution is -0.137. The summed E-state index contributed by atoms with van der Waals surface area (Å²) in [5.41, 5.74) is 6.61. The molecule has 1 heterocycles. The van der Waals surface area contributed by atoms with Crippen LogP contribution in [0.3, 0.4) is 0 Å². The number of benzene rings is 1. The number of hydrogen-bond donors (Lipinski definition) is 1. The van der Waals surface area contributed by atoms with Gasteiger partial charge in [-0.2, -0.15) is 13.2 Å². The Morgan fingerprint density at radius 2 is 2.00 bits per heavy atom. The topological polar surface area (TPSA) is 43.8 Å². The van der Waals surface area contributed by atoms with Crippen LogP contribution in [0.2, 0.25) is 0 Å². The number of alkyl halides is 3. The van der Waals surface area contributed by atoms with Crippen molar-refractivity contribution in [1.82, 2.24) is 9.55 Å². The number of anilines is 1. The summed E-state index contributed by atoms with van der Waals surface area (Å²) in [6, 6.07) is 3.68. The SMILES string of the molecule is Nc1nc2cc(C(F)(F)F)ccc2n1CC1(C2CC2)CC1. The van der Waals surface area contributed by atoms with Gasteiger partial charge in [-0.15, -0.1) is 0 Å². The highest BCUT2D eigenvalue weighted by atomic mass is 19.4. The van der Waals surface area contributed by atoms with E-state index >= 15 is 0 Å². The van der Waals surface area contributed by atoms with Gasteiger partial charge in [0.15, 0.2) is 0 Å². The molecule has 3 nitrogen and oxygen atoms in total. The van der Waals surface area contributed by atoms with Crippen LogP contribution in [0.5, 0.6) is 0 Å². The van der Waals surface area contributed by atoms with Gasteiger partial charge in [-0.05, 0) is 55.2 Å². The normalized spacial score (nSPS) is 20.9. The molecule has 0 bridgehead atoms. The van der Waals surface area contributed by atoms with Crippen LogP contribution in [0.25, 0.3) is 11.0 Å². The molecule has 2 fully saturated rings. The van der Waals surface area contributed by atoms with Crippen LogP contribution in [0, 0.1) is 11.3 Å². The van der Waals surface area contributed by atoms with Crippen molar-refractivity contribution in [3.8, 4) is 0 Å².